The zero-order valence-electron chi connectivity index (χ0n) is 40.1. The third kappa shape index (κ3) is 11.2. The molecule has 0 aliphatic carbocycles. The fraction of sp³-hybridized carbons (Fsp3) is 0.267. The van der Waals surface area contributed by atoms with E-state index in [-0.39, 0.29) is 14.9 Å². The first-order chi connectivity index (χ1) is 28.7. The van der Waals surface area contributed by atoms with E-state index in [2.05, 4.69) is 211 Å². The van der Waals surface area contributed by atoms with Crippen LogP contribution in [0.2, 0.25) is 0 Å². The molecule has 8 aromatic rings. The second kappa shape index (κ2) is 21.8. The molecule has 0 saturated carbocycles. The summed E-state index contributed by atoms with van der Waals surface area (Å²) in [5.41, 5.74) is 24.1. The summed E-state index contributed by atoms with van der Waals surface area (Å²) in [6.07, 6.45) is 2.32. The van der Waals surface area contributed by atoms with Gasteiger partial charge in [0.25, 0.3) is 0 Å². The van der Waals surface area contributed by atoms with Crippen LogP contribution in [0, 0.1) is 70.2 Å². The monoisotopic (exact) mass is 906 g/mol. The quantitative estimate of drug-likeness (QED) is 0.105. The molecule has 0 fully saturated rings. The number of benzene rings is 6. The molecule has 8 aromatic carbocycles. The summed E-state index contributed by atoms with van der Waals surface area (Å²) >= 11 is 1.36. The van der Waals surface area contributed by atoms with Gasteiger partial charge in [0, 0.05) is 0 Å². The number of rotatable bonds is 8. The Morgan fingerprint density at radius 3 is 0.855 bits per heavy atom. The molecule has 8 rings (SSSR count). The zero-order valence-corrected chi connectivity index (χ0v) is 43.6. The summed E-state index contributed by atoms with van der Waals surface area (Å²) in [5, 5.41) is 5.51. The van der Waals surface area contributed by atoms with Gasteiger partial charge >= 0.3 is 30.2 Å². The van der Waals surface area contributed by atoms with Crippen LogP contribution in [0.1, 0.15) is 108 Å². The Morgan fingerprint density at radius 2 is 0.613 bits per heavy atom. The first-order valence-electron chi connectivity index (χ1n) is 21.8. The summed E-state index contributed by atoms with van der Waals surface area (Å²) in [6, 6.07) is 46.5. The Hall–Kier alpha value is -4.36. The van der Waals surface area contributed by atoms with Crippen molar-refractivity contribution in [3.63, 3.8) is 0 Å². The molecule has 0 aromatic heterocycles. The SMILES string of the molecule is CCC(C)c1cc2c(-c3cc(C)cc(C)c3)ccc(-c3cc(C)cc(C)c3)c2[cH-]1.CCC(C)c1cc2c(-c3cc(C)cc(C)c3)ccc(-c3cc(C)cc(C)c3)c2[cH-]1.[CH3-].[CH3-].[Si]=[Zr]. The van der Waals surface area contributed by atoms with Crippen molar-refractivity contribution >= 4 is 28.4 Å². The molecule has 2 radical (unpaired) electrons. The van der Waals surface area contributed by atoms with E-state index >= 15 is 0 Å². The van der Waals surface area contributed by atoms with Gasteiger partial charge in [0.1, 0.15) is 0 Å². The molecule has 0 N–H and O–H groups in total. The van der Waals surface area contributed by atoms with E-state index in [0.717, 1.165) is 12.8 Å². The third-order valence-corrected chi connectivity index (χ3v) is 12.3. The van der Waals surface area contributed by atoms with E-state index in [4.69, 9.17) is 0 Å². The van der Waals surface area contributed by atoms with Crippen molar-refractivity contribution in [3.05, 3.63) is 192 Å². The summed E-state index contributed by atoms with van der Waals surface area (Å²) in [5.74, 6) is 1.14. The molecular weight excluding hydrogens is 840 g/mol. The van der Waals surface area contributed by atoms with Crippen LogP contribution in [-0.2, 0) is 23.3 Å². The van der Waals surface area contributed by atoms with Crippen LogP contribution in [0.25, 0.3) is 66.1 Å². The fourth-order valence-corrected chi connectivity index (χ4v) is 9.21. The van der Waals surface area contributed by atoms with Gasteiger partial charge in [-0.15, -0.1) is 44.8 Å². The Balaban J connectivity index is 0.000000254. The number of fused-ring (bicyclic) bond motifs is 2. The molecule has 0 aliphatic heterocycles. The average Bonchev–Trinajstić information content (AvgIpc) is 3.85. The third-order valence-electron chi connectivity index (χ3n) is 12.3. The molecule has 0 bridgehead atoms. The van der Waals surface area contributed by atoms with Crippen LogP contribution >= 0.6 is 0 Å². The van der Waals surface area contributed by atoms with Crippen LogP contribution in [0.15, 0.2) is 121 Å². The summed E-state index contributed by atoms with van der Waals surface area (Å²) in [6.45, 7) is 29.8. The van der Waals surface area contributed by atoms with Gasteiger partial charge in [-0.1, -0.05) is 215 Å². The van der Waals surface area contributed by atoms with Crippen molar-refractivity contribution in [2.75, 3.05) is 0 Å². The van der Waals surface area contributed by atoms with Crippen molar-refractivity contribution in [3.8, 4) is 44.5 Å². The molecule has 0 heterocycles. The van der Waals surface area contributed by atoms with Crippen molar-refractivity contribution in [1.82, 2.24) is 0 Å². The minimum absolute atomic E-state index is 0. The van der Waals surface area contributed by atoms with Crippen molar-refractivity contribution in [2.45, 2.75) is 108 Å². The van der Waals surface area contributed by atoms with E-state index in [1.165, 1.54) is 145 Å². The van der Waals surface area contributed by atoms with E-state index in [0.29, 0.717) is 11.8 Å². The van der Waals surface area contributed by atoms with Crippen LogP contribution in [0.3, 0.4) is 0 Å². The number of aryl methyl sites for hydroxylation is 8. The predicted octanol–water partition coefficient (Wildman–Crippen LogP) is 17.8. The Bertz CT molecular complexity index is 2340. The number of hydrogen-bond donors (Lipinski definition) is 0. The molecule has 2 unspecified atom stereocenters. The maximum absolute atomic E-state index is 3.06. The zero-order chi connectivity index (χ0) is 43.4. The second-order valence-electron chi connectivity index (χ2n) is 17.7. The summed E-state index contributed by atoms with van der Waals surface area (Å²) < 4.78 is 0. The van der Waals surface area contributed by atoms with Crippen molar-refractivity contribution < 1.29 is 23.3 Å². The van der Waals surface area contributed by atoms with Crippen molar-refractivity contribution in [2.24, 2.45) is 0 Å². The molecular formula is C60H68SiZr-4. The summed E-state index contributed by atoms with van der Waals surface area (Å²) in [7, 11) is 0. The van der Waals surface area contributed by atoms with Crippen LogP contribution in [0.5, 0.6) is 0 Å². The molecule has 2 heteroatoms. The normalized spacial score (nSPS) is 11.7. The number of hydrogen-bond acceptors (Lipinski definition) is 0. The van der Waals surface area contributed by atoms with Crippen LogP contribution in [-0.4, -0.2) is 6.88 Å². The van der Waals surface area contributed by atoms with Gasteiger partial charge in [-0.25, -0.2) is 0 Å². The van der Waals surface area contributed by atoms with Gasteiger partial charge in [0.05, 0.1) is 0 Å². The summed E-state index contributed by atoms with van der Waals surface area (Å²) in [4.78, 5) is 0. The molecule has 62 heavy (non-hydrogen) atoms. The average molecular weight is 909 g/mol. The van der Waals surface area contributed by atoms with Crippen LogP contribution < -0.4 is 0 Å². The van der Waals surface area contributed by atoms with E-state index < -0.39 is 0 Å². The fourth-order valence-electron chi connectivity index (χ4n) is 9.21. The molecule has 0 nitrogen and oxygen atoms in total. The molecule has 0 saturated heterocycles. The van der Waals surface area contributed by atoms with Gasteiger partial charge in [-0.2, -0.15) is 12.1 Å². The Kier molecular flexibility index (Phi) is 17.7. The minimum atomic E-state index is 0. The van der Waals surface area contributed by atoms with E-state index in [1.807, 2.05) is 0 Å². The molecule has 0 spiro atoms. The Labute approximate surface area is 393 Å². The molecule has 320 valence electrons. The second-order valence-corrected chi connectivity index (χ2v) is 17.7. The Morgan fingerprint density at radius 1 is 0.387 bits per heavy atom. The maximum atomic E-state index is 3.06. The van der Waals surface area contributed by atoms with Gasteiger partial charge in [0.15, 0.2) is 0 Å². The van der Waals surface area contributed by atoms with Gasteiger partial charge in [0.2, 0.25) is 0 Å². The van der Waals surface area contributed by atoms with Gasteiger partial charge < -0.3 is 14.9 Å². The molecule has 2 atom stereocenters. The van der Waals surface area contributed by atoms with E-state index in [1.54, 1.807) is 0 Å². The standard InChI is InChI=1S/2C29H31.2CH3.Si.Zr/c2*1-7-22(6)23-16-28-26(24-12-18(2)10-19(3)13-24)8-9-27(29(28)17-23)25-14-20(4)11-21(5)15-25;;;;/h2*8-17,22H,7H2,1-6H3;2*1H3;;/q4*-1;;. The molecule has 0 amide bonds. The predicted molar refractivity (Wildman–Crippen MR) is 275 cm³/mol. The van der Waals surface area contributed by atoms with Gasteiger partial charge in [-0.3, -0.25) is 0 Å². The first-order valence-corrected chi connectivity index (χ1v) is 26.0. The molecule has 0 aliphatic rings. The van der Waals surface area contributed by atoms with Crippen LogP contribution in [0.4, 0.5) is 0 Å². The van der Waals surface area contributed by atoms with Gasteiger partial charge in [-0.05, 0) is 78.4 Å². The van der Waals surface area contributed by atoms with E-state index in [9.17, 15) is 0 Å². The topological polar surface area (TPSA) is 0 Å². The first kappa shape index (κ1) is 50.3. The van der Waals surface area contributed by atoms with Crippen molar-refractivity contribution in [1.29, 1.82) is 0 Å².